The maximum Gasteiger partial charge on any atom is 0.255 e. The molecule has 0 aromatic carbocycles. The summed E-state index contributed by atoms with van der Waals surface area (Å²) in [5, 5.41) is 29.2. The van der Waals surface area contributed by atoms with Crippen molar-refractivity contribution >= 4 is 11.8 Å². The van der Waals surface area contributed by atoms with Gasteiger partial charge in [-0.05, 0) is 60.7 Å². The minimum atomic E-state index is -0.162. The number of hydrogen-bond acceptors (Lipinski definition) is 10. The highest BCUT2D eigenvalue weighted by Crippen LogP contribution is 2.38. The summed E-state index contributed by atoms with van der Waals surface area (Å²) in [6, 6.07) is 7.49. The SMILES string of the molecule is O=c1ccc(-c2nnn[nH]2)cn1-c1ccc(N[C@H]2CC[C@H](Nc3ncc(C4CC4)nn3)C2)nc1. The maximum absolute atomic E-state index is 12.4. The lowest BCUT2D eigenvalue weighted by atomic mass is 10.2. The van der Waals surface area contributed by atoms with Crippen molar-refractivity contribution in [3.8, 4) is 17.1 Å². The molecule has 0 saturated heterocycles. The van der Waals surface area contributed by atoms with Crippen LogP contribution in [0.5, 0.6) is 0 Å². The van der Waals surface area contributed by atoms with E-state index in [-0.39, 0.29) is 11.6 Å². The minimum absolute atomic E-state index is 0.162. The number of aromatic nitrogens is 9. The third kappa shape index (κ3) is 4.34. The summed E-state index contributed by atoms with van der Waals surface area (Å²) in [6.45, 7) is 0. The van der Waals surface area contributed by atoms with Crippen LogP contribution < -0.4 is 16.2 Å². The van der Waals surface area contributed by atoms with Crippen LogP contribution in [0.25, 0.3) is 17.1 Å². The number of anilines is 2. The molecule has 2 aliphatic rings. The van der Waals surface area contributed by atoms with E-state index in [2.05, 4.69) is 51.4 Å². The molecule has 12 heteroatoms. The molecule has 2 fully saturated rings. The van der Waals surface area contributed by atoms with E-state index in [0.29, 0.717) is 35.0 Å². The molecule has 4 aromatic heterocycles. The van der Waals surface area contributed by atoms with Gasteiger partial charge in [0.2, 0.25) is 5.95 Å². The van der Waals surface area contributed by atoms with Gasteiger partial charge in [0, 0.05) is 35.8 Å². The minimum Gasteiger partial charge on any atom is -0.367 e. The molecule has 0 aliphatic heterocycles. The quantitative estimate of drug-likeness (QED) is 0.375. The second-order valence-corrected chi connectivity index (χ2v) is 8.75. The van der Waals surface area contributed by atoms with Gasteiger partial charge in [-0.1, -0.05) is 0 Å². The van der Waals surface area contributed by atoms with Crippen LogP contribution >= 0.6 is 0 Å². The molecule has 0 amide bonds. The Bertz CT molecular complexity index is 1310. The average molecular weight is 458 g/mol. The van der Waals surface area contributed by atoms with Crippen LogP contribution in [0.4, 0.5) is 11.8 Å². The number of hydrogen-bond donors (Lipinski definition) is 3. The zero-order chi connectivity index (χ0) is 22.9. The first kappa shape index (κ1) is 20.4. The van der Waals surface area contributed by atoms with E-state index in [9.17, 15) is 4.79 Å². The van der Waals surface area contributed by atoms with Crippen LogP contribution in [0.2, 0.25) is 0 Å². The lowest BCUT2D eigenvalue weighted by Gasteiger charge is -2.15. The smallest absolute Gasteiger partial charge is 0.255 e. The number of H-pyrrole nitrogens is 1. The van der Waals surface area contributed by atoms with Crippen molar-refractivity contribution in [3.63, 3.8) is 0 Å². The van der Waals surface area contributed by atoms with Gasteiger partial charge in [-0.15, -0.1) is 15.3 Å². The molecule has 34 heavy (non-hydrogen) atoms. The Kier molecular flexibility index (Phi) is 5.17. The molecule has 2 saturated carbocycles. The van der Waals surface area contributed by atoms with Gasteiger partial charge in [0.15, 0.2) is 5.82 Å². The average Bonchev–Trinajstić information content (AvgIpc) is 3.38. The van der Waals surface area contributed by atoms with Gasteiger partial charge in [0.05, 0.1) is 23.8 Å². The summed E-state index contributed by atoms with van der Waals surface area (Å²) in [7, 11) is 0. The summed E-state index contributed by atoms with van der Waals surface area (Å²) < 4.78 is 1.52. The molecule has 172 valence electrons. The Hall–Kier alpha value is -4.22. The van der Waals surface area contributed by atoms with Crippen LogP contribution in [0.1, 0.15) is 43.7 Å². The number of nitrogens with one attached hydrogen (secondary N) is 3. The molecule has 4 aromatic rings. The van der Waals surface area contributed by atoms with Gasteiger partial charge in [-0.3, -0.25) is 9.36 Å². The lowest BCUT2D eigenvalue weighted by Crippen LogP contribution is -2.22. The van der Waals surface area contributed by atoms with Crippen LogP contribution in [-0.2, 0) is 0 Å². The molecular formula is C22H23N11O. The second kappa shape index (κ2) is 8.61. The van der Waals surface area contributed by atoms with E-state index in [0.717, 1.165) is 30.8 Å². The van der Waals surface area contributed by atoms with Gasteiger partial charge in [-0.25, -0.2) is 15.1 Å². The fourth-order valence-electron chi connectivity index (χ4n) is 4.28. The molecule has 6 rings (SSSR count). The topological polar surface area (TPSA) is 152 Å². The third-order valence-corrected chi connectivity index (χ3v) is 6.25. The predicted octanol–water partition coefficient (Wildman–Crippen LogP) is 1.92. The lowest BCUT2D eigenvalue weighted by molar-refractivity contribution is 0.710. The van der Waals surface area contributed by atoms with Crippen molar-refractivity contribution in [2.24, 2.45) is 0 Å². The van der Waals surface area contributed by atoms with E-state index >= 15 is 0 Å². The Morgan fingerprint density at radius 3 is 2.50 bits per heavy atom. The van der Waals surface area contributed by atoms with Gasteiger partial charge in [0.1, 0.15) is 5.82 Å². The van der Waals surface area contributed by atoms with E-state index in [1.54, 1.807) is 18.5 Å². The first-order valence-electron chi connectivity index (χ1n) is 11.4. The van der Waals surface area contributed by atoms with Crippen molar-refractivity contribution < 1.29 is 0 Å². The summed E-state index contributed by atoms with van der Waals surface area (Å²) in [6.07, 6.45) is 10.6. The first-order chi connectivity index (χ1) is 16.7. The Labute approximate surface area is 194 Å². The van der Waals surface area contributed by atoms with Crippen LogP contribution in [0.15, 0.2) is 47.7 Å². The van der Waals surface area contributed by atoms with Crippen LogP contribution in [0, 0.1) is 0 Å². The van der Waals surface area contributed by atoms with Crippen molar-refractivity contribution in [1.82, 2.24) is 45.4 Å². The number of nitrogens with zero attached hydrogens (tertiary/aromatic N) is 8. The van der Waals surface area contributed by atoms with Gasteiger partial charge in [0.25, 0.3) is 5.56 Å². The summed E-state index contributed by atoms with van der Waals surface area (Å²) in [4.78, 5) is 21.3. The Balaban J connectivity index is 1.08. The number of aromatic amines is 1. The first-order valence-corrected chi connectivity index (χ1v) is 11.4. The highest BCUT2D eigenvalue weighted by atomic mass is 16.1. The molecule has 3 N–H and O–H groups in total. The molecule has 0 radical (unpaired) electrons. The molecular weight excluding hydrogens is 434 g/mol. The van der Waals surface area contributed by atoms with E-state index in [1.165, 1.54) is 23.5 Å². The fourth-order valence-corrected chi connectivity index (χ4v) is 4.28. The third-order valence-electron chi connectivity index (χ3n) is 6.25. The second-order valence-electron chi connectivity index (χ2n) is 8.75. The number of rotatable bonds is 7. The fraction of sp³-hybridized carbons (Fsp3) is 0.364. The molecule has 2 atom stereocenters. The van der Waals surface area contributed by atoms with Crippen molar-refractivity contribution in [1.29, 1.82) is 0 Å². The molecule has 12 nitrogen and oxygen atoms in total. The van der Waals surface area contributed by atoms with Gasteiger partial charge >= 0.3 is 0 Å². The summed E-state index contributed by atoms with van der Waals surface area (Å²) in [5.41, 5.74) is 2.20. The van der Waals surface area contributed by atoms with Crippen molar-refractivity contribution in [3.05, 3.63) is 58.9 Å². The highest BCUT2D eigenvalue weighted by molar-refractivity contribution is 5.53. The standard InChI is InChI=1S/C22H23N11O/c34-20-8-3-14(21-28-31-32-29-21)12-33(20)17-6-7-19(23-10-17)25-15-4-5-16(9-15)26-22-24-11-18(27-30-22)13-1-2-13/h3,6-8,10-13,15-16H,1-2,4-5,9H2,(H,23,25)(H,24,26,30)(H,28,29,31,32)/t15-,16-/m0/s1. The molecule has 0 unspecified atom stereocenters. The normalized spacial score (nSPS) is 19.8. The van der Waals surface area contributed by atoms with E-state index in [1.807, 2.05) is 18.3 Å². The Morgan fingerprint density at radius 2 is 1.79 bits per heavy atom. The van der Waals surface area contributed by atoms with Crippen molar-refractivity contribution in [2.45, 2.75) is 50.1 Å². The monoisotopic (exact) mass is 457 g/mol. The summed E-state index contributed by atoms with van der Waals surface area (Å²) >= 11 is 0. The van der Waals surface area contributed by atoms with Gasteiger partial charge in [-0.2, -0.15) is 0 Å². The molecule has 0 spiro atoms. The highest BCUT2D eigenvalue weighted by Gasteiger charge is 2.27. The number of pyridine rings is 2. The van der Waals surface area contributed by atoms with Gasteiger partial charge < -0.3 is 10.6 Å². The largest absolute Gasteiger partial charge is 0.367 e. The zero-order valence-electron chi connectivity index (χ0n) is 18.3. The van der Waals surface area contributed by atoms with Crippen LogP contribution in [-0.4, -0.2) is 57.4 Å². The molecule has 4 heterocycles. The van der Waals surface area contributed by atoms with Crippen molar-refractivity contribution in [2.75, 3.05) is 10.6 Å². The zero-order valence-corrected chi connectivity index (χ0v) is 18.3. The van der Waals surface area contributed by atoms with E-state index < -0.39 is 0 Å². The number of tetrazole rings is 1. The maximum atomic E-state index is 12.4. The molecule has 0 bridgehead atoms. The Morgan fingerprint density at radius 1 is 0.912 bits per heavy atom. The van der Waals surface area contributed by atoms with E-state index in [4.69, 9.17) is 0 Å². The molecule has 2 aliphatic carbocycles. The predicted molar refractivity (Wildman–Crippen MR) is 123 cm³/mol. The summed E-state index contributed by atoms with van der Waals surface area (Å²) in [5.74, 6) is 2.40. The van der Waals surface area contributed by atoms with Crippen LogP contribution in [0.3, 0.4) is 0 Å².